The average Bonchev–Trinajstić information content (AvgIpc) is 2.87. The van der Waals surface area contributed by atoms with Gasteiger partial charge in [0.25, 0.3) is 0 Å². The second-order valence-corrected chi connectivity index (χ2v) is 5.96. The quantitative estimate of drug-likeness (QED) is 0.741. The number of nitrogens with one attached hydrogen (secondary N) is 2. The van der Waals surface area contributed by atoms with Gasteiger partial charge < -0.3 is 10.3 Å². The van der Waals surface area contributed by atoms with E-state index in [1.54, 1.807) is 6.92 Å². The van der Waals surface area contributed by atoms with Gasteiger partial charge >= 0.3 is 0 Å². The topological polar surface area (TPSA) is 44.9 Å². The molecule has 0 saturated heterocycles. The Labute approximate surface area is 136 Å². The Kier molecular flexibility index (Phi) is 4.47. The summed E-state index contributed by atoms with van der Waals surface area (Å²) < 4.78 is 0. The van der Waals surface area contributed by atoms with Crippen molar-refractivity contribution in [3.63, 3.8) is 0 Å². The molecule has 0 saturated carbocycles. The lowest BCUT2D eigenvalue weighted by molar-refractivity contribution is -0.118. The highest BCUT2D eigenvalue weighted by Crippen LogP contribution is 2.25. The number of aryl methyl sites for hydroxylation is 1. The first-order valence-corrected chi connectivity index (χ1v) is 8.02. The molecule has 0 aliphatic rings. The van der Waals surface area contributed by atoms with Gasteiger partial charge in [0.15, 0.2) is 0 Å². The van der Waals surface area contributed by atoms with E-state index in [9.17, 15) is 4.79 Å². The standard InChI is InChI=1S/C20H22N2O/c1-14-7-3-4-8-16(14)13-20-18(11-12-21-15(2)23)17-9-5-6-10-19(17)22-20/h3-10,22H,11-13H2,1-2H3,(H,21,23). The minimum absolute atomic E-state index is 0.0188. The van der Waals surface area contributed by atoms with Crippen molar-refractivity contribution in [1.29, 1.82) is 0 Å². The lowest BCUT2D eigenvalue weighted by Crippen LogP contribution is -2.22. The molecule has 0 aliphatic carbocycles. The molecular weight excluding hydrogens is 284 g/mol. The summed E-state index contributed by atoms with van der Waals surface area (Å²) in [6, 6.07) is 16.9. The zero-order valence-corrected chi connectivity index (χ0v) is 13.6. The molecular formula is C20H22N2O. The van der Waals surface area contributed by atoms with E-state index in [0.717, 1.165) is 18.4 Å². The van der Waals surface area contributed by atoms with Gasteiger partial charge in [-0.3, -0.25) is 4.79 Å². The number of hydrogen-bond donors (Lipinski definition) is 2. The van der Waals surface area contributed by atoms with Crippen LogP contribution in [-0.2, 0) is 17.6 Å². The van der Waals surface area contributed by atoms with Crippen LogP contribution in [0.2, 0.25) is 0 Å². The van der Waals surface area contributed by atoms with E-state index in [1.165, 1.54) is 27.8 Å². The number of aromatic amines is 1. The molecule has 2 aromatic carbocycles. The molecule has 0 atom stereocenters. The SMILES string of the molecule is CC(=O)NCCc1c(Cc2ccccc2C)[nH]c2ccccc12. The van der Waals surface area contributed by atoms with E-state index in [2.05, 4.69) is 59.7 Å². The Balaban J connectivity index is 1.94. The number of aromatic nitrogens is 1. The lowest BCUT2D eigenvalue weighted by atomic mass is 9.99. The largest absolute Gasteiger partial charge is 0.358 e. The Hall–Kier alpha value is -2.55. The molecule has 3 nitrogen and oxygen atoms in total. The van der Waals surface area contributed by atoms with Crippen LogP contribution in [-0.4, -0.2) is 17.4 Å². The normalized spacial score (nSPS) is 10.9. The van der Waals surface area contributed by atoms with Gasteiger partial charge in [-0.15, -0.1) is 0 Å². The van der Waals surface area contributed by atoms with Crippen LogP contribution in [0.1, 0.15) is 29.3 Å². The number of hydrogen-bond acceptors (Lipinski definition) is 1. The van der Waals surface area contributed by atoms with Crippen LogP contribution in [0.15, 0.2) is 48.5 Å². The van der Waals surface area contributed by atoms with Gasteiger partial charge in [0.05, 0.1) is 0 Å². The monoisotopic (exact) mass is 306 g/mol. The predicted octanol–water partition coefficient (Wildman–Crippen LogP) is 3.75. The van der Waals surface area contributed by atoms with Crippen LogP contribution in [0.4, 0.5) is 0 Å². The highest BCUT2D eigenvalue weighted by Gasteiger charge is 2.12. The van der Waals surface area contributed by atoms with Crippen molar-refractivity contribution < 1.29 is 4.79 Å². The fraction of sp³-hybridized carbons (Fsp3) is 0.250. The fourth-order valence-corrected chi connectivity index (χ4v) is 3.05. The molecule has 1 heterocycles. The summed E-state index contributed by atoms with van der Waals surface area (Å²) in [4.78, 5) is 14.7. The molecule has 0 fully saturated rings. The van der Waals surface area contributed by atoms with Crippen LogP contribution in [0.5, 0.6) is 0 Å². The number of benzene rings is 2. The molecule has 3 heteroatoms. The van der Waals surface area contributed by atoms with Gasteiger partial charge in [0.2, 0.25) is 5.91 Å². The molecule has 118 valence electrons. The summed E-state index contributed by atoms with van der Waals surface area (Å²) >= 11 is 0. The number of fused-ring (bicyclic) bond motifs is 1. The molecule has 3 aromatic rings. The first-order valence-electron chi connectivity index (χ1n) is 8.02. The molecule has 1 amide bonds. The van der Waals surface area contributed by atoms with Gasteiger partial charge in [0.1, 0.15) is 0 Å². The summed E-state index contributed by atoms with van der Waals surface area (Å²) in [7, 11) is 0. The van der Waals surface area contributed by atoms with Crippen molar-refractivity contribution >= 4 is 16.8 Å². The lowest BCUT2D eigenvalue weighted by Gasteiger charge is -2.08. The van der Waals surface area contributed by atoms with Gasteiger partial charge in [0, 0.05) is 36.5 Å². The summed E-state index contributed by atoms with van der Waals surface area (Å²) in [6.07, 6.45) is 1.72. The second-order valence-electron chi connectivity index (χ2n) is 5.96. The molecule has 0 bridgehead atoms. The third-order valence-corrected chi connectivity index (χ3v) is 4.28. The first-order chi connectivity index (χ1) is 11.1. The summed E-state index contributed by atoms with van der Waals surface area (Å²) in [5, 5.41) is 4.15. The van der Waals surface area contributed by atoms with Gasteiger partial charge in [-0.2, -0.15) is 0 Å². The van der Waals surface area contributed by atoms with E-state index < -0.39 is 0 Å². The van der Waals surface area contributed by atoms with E-state index in [-0.39, 0.29) is 5.91 Å². The van der Waals surface area contributed by atoms with Crippen LogP contribution in [0, 0.1) is 6.92 Å². The van der Waals surface area contributed by atoms with Crippen LogP contribution >= 0.6 is 0 Å². The minimum atomic E-state index is 0.0188. The van der Waals surface area contributed by atoms with Crippen LogP contribution < -0.4 is 5.32 Å². The maximum absolute atomic E-state index is 11.1. The molecule has 0 spiro atoms. The number of carbonyl (C=O) groups is 1. The fourth-order valence-electron chi connectivity index (χ4n) is 3.05. The number of para-hydroxylation sites is 1. The van der Waals surface area contributed by atoms with Crippen LogP contribution in [0.25, 0.3) is 10.9 Å². The van der Waals surface area contributed by atoms with Crippen molar-refractivity contribution in [2.75, 3.05) is 6.54 Å². The minimum Gasteiger partial charge on any atom is -0.358 e. The molecule has 0 aliphatic heterocycles. The maximum Gasteiger partial charge on any atom is 0.216 e. The zero-order valence-electron chi connectivity index (χ0n) is 13.6. The van der Waals surface area contributed by atoms with Crippen LogP contribution in [0.3, 0.4) is 0 Å². The number of H-pyrrole nitrogens is 1. The van der Waals surface area contributed by atoms with Crippen molar-refractivity contribution in [3.8, 4) is 0 Å². The van der Waals surface area contributed by atoms with Crippen molar-refractivity contribution in [2.45, 2.75) is 26.7 Å². The highest BCUT2D eigenvalue weighted by molar-refractivity contribution is 5.85. The second kappa shape index (κ2) is 6.69. The Morgan fingerprint density at radius 3 is 2.61 bits per heavy atom. The van der Waals surface area contributed by atoms with Crippen molar-refractivity contribution in [1.82, 2.24) is 10.3 Å². The average molecular weight is 306 g/mol. The van der Waals surface area contributed by atoms with Crippen molar-refractivity contribution in [3.05, 3.63) is 70.9 Å². The number of amides is 1. The Bertz CT molecular complexity index is 833. The smallest absolute Gasteiger partial charge is 0.216 e. The highest BCUT2D eigenvalue weighted by atomic mass is 16.1. The molecule has 1 aromatic heterocycles. The summed E-state index contributed by atoms with van der Waals surface area (Å²) in [5.74, 6) is 0.0188. The molecule has 0 radical (unpaired) electrons. The number of carbonyl (C=O) groups excluding carboxylic acids is 1. The first kappa shape index (κ1) is 15.3. The molecule has 0 unspecified atom stereocenters. The van der Waals surface area contributed by atoms with E-state index >= 15 is 0 Å². The Morgan fingerprint density at radius 1 is 1.09 bits per heavy atom. The maximum atomic E-state index is 11.1. The number of rotatable bonds is 5. The van der Waals surface area contributed by atoms with E-state index in [1.807, 2.05) is 6.07 Å². The Morgan fingerprint density at radius 2 is 1.83 bits per heavy atom. The predicted molar refractivity (Wildman–Crippen MR) is 94.7 cm³/mol. The van der Waals surface area contributed by atoms with E-state index in [0.29, 0.717) is 6.54 Å². The van der Waals surface area contributed by atoms with Gasteiger partial charge in [-0.1, -0.05) is 42.5 Å². The van der Waals surface area contributed by atoms with Crippen molar-refractivity contribution in [2.24, 2.45) is 0 Å². The molecule has 2 N–H and O–H groups in total. The third-order valence-electron chi connectivity index (χ3n) is 4.28. The molecule has 3 rings (SSSR count). The molecule has 23 heavy (non-hydrogen) atoms. The zero-order chi connectivity index (χ0) is 16.2. The third kappa shape index (κ3) is 3.45. The van der Waals surface area contributed by atoms with E-state index in [4.69, 9.17) is 0 Å². The summed E-state index contributed by atoms with van der Waals surface area (Å²) in [6.45, 7) is 4.37. The summed E-state index contributed by atoms with van der Waals surface area (Å²) in [5.41, 5.74) is 6.34. The van der Waals surface area contributed by atoms with Gasteiger partial charge in [-0.25, -0.2) is 0 Å². The van der Waals surface area contributed by atoms with Gasteiger partial charge in [-0.05, 0) is 36.1 Å².